The van der Waals surface area contributed by atoms with Crippen LogP contribution in [0.25, 0.3) is 10.2 Å². The van der Waals surface area contributed by atoms with Crippen LogP contribution in [0.1, 0.15) is 33.6 Å². The predicted molar refractivity (Wildman–Crippen MR) is 88.9 cm³/mol. The van der Waals surface area contributed by atoms with E-state index < -0.39 is 0 Å². The summed E-state index contributed by atoms with van der Waals surface area (Å²) in [5.41, 5.74) is 1.28. The number of Topliss-reactive ketones (excluding diaryl/α,β-unsaturated/α-hetero) is 1. The molecule has 21 heavy (non-hydrogen) atoms. The number of para-hydroxylation sites is 1. The molecule has 1 aromatic heterocycles. The molecule has 0 amide bonds. The third kappa shape index (κ3) is 1.72. The van der Waals surface area contributed by atoms with Gasteiger partial charge in [0.2, 0.25) is 0 Å². The summed E-state index contributed by atoms with van der Waals surface area (Å²) >= 11 is 3.42. The first kappa shape index (κ1) is 13.8. The summed E-state index contributed by atoms with van der Waals surface area (Å²) in [6.45, 7) is 6.87. The summed E-state index contributed by atoms with van der Waals surface area (Å²) in [6.07, 6.45) is 2.23. The lowest BCUT2D eigenvalue weighted by molar-refractivity contribution is -0.122. The Morgan fingerprint density at radius 2 is 2.05 bits per heavy atom. The van der Waals surface area contributed by atoms with Crippen LogP contribution in [0.5, 0.6) is 0 Å². The van der Waals surface area contributed by atoms with Crippen molar-refractivity contribution < 1.29 is 4.79 Å². The van der Waals surface area contributed by atoms with Crippen molar-refractivity contribution in [1.29, 1.82) is 0 Å². The Kier molecular flexibility index (Phi) is 2.84. The Balaban J connectivity index is 1.70. The number of carbonyl (C=O) groups is 1. The molecule has 0 N–H and O–H groups in total. The average molecular weight is 317 g/mol. The minimum absolute atomic E-state index is 0.0758. The van der Waals surface area contributed by atoms with Gasteiger partial charge in [-0.05, 0) is 35.8 Å². The first-order valence-corrected chi connectivity index (χ1v) is 9.19. The van der Waals surface area contributed by atoms with Crippen LogP contribution in [0.2, 0.25) is 0 Å². The third-order valence-corrected chi connectivity index (χ3v) is 8.62. The summed E-state index contributed by atoms with van der Waals surface area (Å²) in [4.78, 5) is 17.5. The highest BCUT2D eigenvalue weighted by Gasteiger charge is 2.66. The molecule has 1 aromatic carbocycles. The molecule has 3 unspecified atom stereocenters. The molecule has 0 saturated heterocycles. The molecule has 4 rings (SSSR count). The van der Waals surface area contributed by atoms with Gasteiger partial charge in [0.25, 0.3) is 0 Å². The van der Waals surface area contributed by atoms with Crippen molar-refractivity contribution in [2.75, 3.05) is 0 Å². The highest BCUT2D eigenvalue weighted by molar-refractivity contribution is 8.02. The monoisotopic (exact) mass is 317 g/mol. The third-order valence-electron chi connectivity index (χ3n) is 5.97. The molecule has 110 valence electrons. The van der Waals surface area contributed by atoms with E-state index in [4.69, 9.17) is 4.98 Å². The van der Waals surface area contributed by atoms with Gasteiger partial charge in [-0.1, -0.05) is 44.7 Å². The van der Waals surface area contributed by atoms with Crippen LogP contribution >= 0.6 is 23.1 Å². The van der Waals surface area contributed by atoms with E-state index in [0.717, 1.165) is 16.3 Å². The van der Waals surface area contributed by atoms with Gasteiger partial charge < -0.3 is 0 Å². The fourth-order valence-corrected chi connectivity index (χ4v) is 6.94. The molecule has 0 aliphatic heterocycles. The largest absolute Gasteiger partial charge is 0.298 e. The van der Waals surface area contributed by atoms with E-state index in [-0.39, 0.29) is 22.0 Å². The van der Waals surface area contributed by atoms with Crippen LogP contribution in [0.15, 0.2) is 28.6 Å². The number of aromatic nitrogens is 1. The Bertz CT molecular complexity index is 702. The lowest BCUT2D eigenvalue weighted by Crippen LogP contribution is -2.35. The van der Waals surface area contributed by atoms with Crippen LogP contribution in [-0.2, 0) is 4.79 Å². The van der Waals surface area contributed by atoms with E-state index in [1.54, 1.807) is 23.1 Å². The molecular weight excluding hydrogens is 298 g/mol. The number of rotatable bonds is 2. The maximum Gasteiger partial charge on any atom is 0.151 e. The van der Waals surface area contributed by atoms with Gasteiger partial charge in [-0.15, -0.1) is 11.3 Å². The summed E-state index contributed by atoms with van der Waals surface area (Å²) in [6, 6.07) is 8.21. The Morgan fingerprint density at radius 1 is 1.29 bits per heavy atom. The van der Waals surface area contributed by atoms with Crippen LogP contribution < -0.4 is 0 Å². The van der Waals surface area contributed by atoms with Gasteiger partial charge >= 0.3 is 0 Å². The van der Waals surface area contributed by atoms with Crippen molar-refractivity contribution >= 4 is 39.1 Å². The normalized spacial score (nSPS) is 34.0. The minimum Gasteiger partial charge on any atom is -0.298 e. The Morgan fingerprint density at radius 3 is 2.71 bits per heavy atom. The molecule has 2 aliphatic rings. The first-order valence-electron chi connectivity index (χ1n) is 7.49. The summed E-state index contributed by atoms with van der Waals surface area (Å²) in [5, 5.41) is 0.0758. The number of carbonyl (C=O) groups excluding carboxylic acids is 1. The molecule has 2 saturated carbocycles. The summed E-state index contributed by atoms with van der Waals surface area (Å²) in [5.74, 6) is 0.701. The number of hydrogen-bond donors (Lipinski definition) is 0. The molecule has 1 heterocycles. The second kappa shape index (κ2) is 4.32. The van der Waals surface area contributed by atoms with E-state index >= 15 is 0 Å². The second-order valence-electron chi connectivity index (χ2n) is 7.08. The van der Waals surface area contributed by atoms with Crippen molar-refractivity contribution in [3.63, 3.8) is 0 Å². The number of thioether (sulfide) groups is 1. The van der Waals surface area contributed by atoms with Gasteiger partial charge in [-0.25, -0.2) is 4.98 Å². The molecule has 2 aliphatic carbocycles. The average Bonchev–Trinajstić information content (AvgIpc) is 2.98. The molecule has 2 fully saturated rings. The lowest BCUT2D eigenvalue weighted by Gasteiger charge is -2.37. The van der Waals surface area contributed by atoms with Crippen molar-refractivity contribution in [3.8, 4) is 0 Å². The quantitative estimate of drug-likeness (QED) is 0.798. The second-order valence-corrected chi connectivity index (χ2v) is 9.46. The molecular formula is C17H19NOS2. The van der Waals surface area contributed by atoms with Crippen LogP contribution in [-0.4, -0.2) is 16.0 Å². The number of benzene rings is 1. The smallest absolute Gasteiger partial charge is 0.151 e. The maximum absolute atomic E-state index is 12.8. The van der Waals surface area contributed by atoms with Gasteiger partial charge in [-0.2, -0.15) is 0 Å². The van der Waals surface area contributed by atoms with E-state index in [9.17, 15) is 4.79 Å². The zero-order valence-electron chi connectivity index (χ0n) is 12.6. The number of ketones is 1. The predicted octanol–water partition coefficient (Wildman–Crippen LogP) is 4.78. The summed E-state index contributed by atoms with van der Waals surface area (Å²) in [7, 11) is 0. The molecule has 0 radical (unpaired) electrons. The number of nitrogens with zero attached hydrogens (tertiary/aromatic N) is 1. The molecule has 2 nitrogen and oxygen atoms in total. The topological polar surface area (TPSA) is 30.0 Å². The highest BCUT2D eigenvalue weighted by Crippen LogP contribution is 2.67. The minimum atomic E-state index is 0.0758. The van der Waals surface area contributed by atoms with Crippen LogP contribution in [0.3, 0.4) is 0 Å². The number of thiazole rings is 1. The fraction of sp³-hybridized carbons (Fsp3) is 0.529. The highest BCUT2D eigenvalue weighted by atomic mass is 32.2. The van der Waals surface area contributed by atoms with Crippen LogP contribution in [0, 0.1) is 16.7 Å². The van der Waals surface area contributed by atoms with Crippen molar-refractivity contribution in [2.45, 2.75) is 43.2 Å². The molecule has 2 aromatic rings. The fourth-order valence-electron chi connectivity index (χ4n) is 4.18. The van der Waals surface area contributed by atoms with Crippen LogP contribution in [0.4, 0.5) is 0 Å². The summed E-state index contributed by atoms with van der Waals surface area (Å²) < 4.78 is 2.25. The number of fused-ring (bicyclic) bond motifs is 3. The van der Waals surface area contributed by atoms with Gasteiger partial charge in [0, 0.05) is 5.92 Å². The lowest BCUT2D eigenvalue weighted by atomic mass is 9.71. The standard InChI is InChI=1S/C17H19NOS2/c1-16(2)10-8-9-17(16,3)14(13(10)19)21-15-18-11-6-4-5-7-12(11)20-15/h4-7,10,14H,8-9H2,1-3H3. The Labute approximate surface area is 133 Å². The van der Waals surface area contributed by atoms with Gasteiger partial charge in [0.1, 0.15) is 5.78 Å². The zero-order valence-corrected chi connectivity index (χ0v) is 14.2. The van der Waals surface area contributed by atoms with Crippen molar-refractivity contribution in [1.82, 2.24) is 4.98 Å². The van der Waals surface area contributed by atoms with E-state index in [1.807, 2.05) is 18.2 Å². The molecule has 4 heteroatoms. The first-order chi connectivity index (χ1) is 9.93. The maximum atomic E-state index is 12.8. The van der Waals surface area contributed by atoms with E-state index in [1.165, 1.54) is 11.1 Å². The number of hydrogen-bond acceptors (Lipinski definition) is 4. The van der Waals surface area contributed by atoms with Crippen molar-refractivity contribution in [3.05, 3.63) is 24.3 Å². The molecule has 3 atom stereocenters. The van der Waals surface area contributed by atoms with E-state index in [0.29, 0.717) is 5.78 Å². The van der Waals surface area contributed by atoms with Gasteiger partial charge in [0.05, 0.1) is 15.5 Å². The molecule has 2 bridgehead atoms. The van der Waals surface area contributed by atoms with Gasteiger partial charge in [-0.3, -0.25) is 4.79 Å². The Hall–Kier alpha value is -0.870. The molecule has 0 spiro atoms. The van der Waals surface area contributed by atoms with Crippen molar-refractivity contribution in [2.24, 2.45) is 16.7 Å². The zero-order chi connectivity index (χ0) is 14.8. The SMILES string of the molecule is CC1(C)C2CCC1(C)C(Sc1nc3ccccc3s1)C2=O. The van der Waals surface area contributed by atoms with E-state index in [2.05, 4.69) is 26.8 Å². The van der Waals surface area contributed by atoms with Gasteiger partial charge in [0.15, 0.2) is 4.34 Å².